The number of piperazine rings is 1. The molecule has 1 aromatic heterocycles. The summed E-state index contributed by atoms with van der Waals surface area (Å²) >= 11 is 0. The van der Waals surface area contributed by atoms with E-state index in [0.29, 0.717) is 37.6 Å². The van der Waals surface area contributed by atoms with Gasteiger partial charge in [0.1, 0.15) is 5.69 Å². The molecule has 1 aliphatic heterocycles. The summed E-state index contributed by atoms with van der Waals surface area (Å²) in [6.07, 6.45) is 0.521. The van der Waals surface area contributed by atoms with E-state index in [1.807, 2.05) is 17.9 Å². The van der Waals surface area contributed by atoms with Crippen molar-refractivity contribution >= 4 is 11.5 Å². The van der Waals surface area contributed by atoms with Crippen LogP contribution < -0.4 is 9.64 Å². The largest absolute Gasteiger partial charge is 0.494 e. The van der Waals surface area contributed by atoms with Crippen LogP contribution in [-0.2, 0) is 20.0 Å². The van der Waals surface area contributed by atoms with Crippen LogP contribution in [0.1, 0.15) is 18.2 Å². The zero-order valence-electron chi connectivity index (χ0n) is 15.8. The first-order valence-corrected chi connectivity index (χ1v) is 8.94. The van der Waals surface area contributed by atoms with Crippen LogP contribution in [-0.4, -0.2) is 52.9 Å². The Kier molecular flexibility index (Phi) is 5.59. The predicted octanol–water partition coefficient (Wildman–Crippen LogP) is 2.36. The molecular formula is C18H24FN5O3. The van der Waals surface area contributed by atoms with Crippen LogP contribution in [0.15, 0.2) is 18.2 Å². The van der Waals surface area contributed by atoms with Crippen molar-refractivity contribution in [3.63, 3.8) is 0 Å². The van der Waals surface area contributed by atoms with Gasteiger partial charge >= 0.3 is 5.69 Å². The van der Waals surface area contributed by atoms with Gasteiger partial charge < -0.3 is 9.64 Å². The van der Waals surface area contributed by atoms with Gasteiger partial charge in [0.2, 0.25) is 5.82 Å². The van der Waals surface area contributed by atoms with E-state index in [0.717, 1.165) is 18.7 Å². The normalized spacial score (nSPS) is 15.2. The summed E-state index contributed by atoms with van der Waals surface area (Å²) in [5.41, 5.74) is 1.49. The molecule has 1 aromatic carbocycles. The average Bonchev–Trinajstić information content (AvgIpc) is 2.99. The second-order valence-electron chi connectivity index (χ2n) is 6.59. The molecule has 146 valence electrons. The van der Waals surface area contributed by atoms with Crippen LogP contribution >= 0.6 is 0 Å². The Morgan fingerprint density at radius 1 is 1.30 bits per heavy atom. The number of nitrogens with zero attached hydrogens (tertiary/aromatic N) is 5. The van der Waals surface area contributed by atoms with Crippen molar-refractivity contribution in [2.75, 3.05) is 38.2 Å². The molecule has 2 heterocycles. The van der Waals surface area contributed by atoms with E-state index in [-0.39, 0.29) is 22.2 Å². The summed E-state index contributed by atoms with van der Waals surface area (Å²) in [5, 5.41) is 15.8. The second-order valence-corrected chi connectivity index (χ2v) is 6.59. The van der Waals surface area contributed by atoms with Crippen molar-refractivity contribution < 1.29 is 14.1 Å². The topological polar surface area (TPSA) is 76.7 Å². The quantitative estimate of drug-likeness (QED) is 0.568. The van der Waals surface area contributed by atoms with Gasteiger partial charge in [0.05, 0.1) is 12.0 Å². The van der Waals surface area contributed by atoms with E-state index >= 15 is 0 Å². The molecule has 27 heavy (non-hydrogen) atoms. The number of rotatable bonds is 6. The van der Waals surface area contributed by atoms with Crippen LogP contribution in [0.25, 0.3) is 0 Å². The molecule has 0 bridgehead atoms. The number of anilines is 1. The maximum atomic E-state index is 13.9. The van der Waals surface area contributed by atoms with Gasteiger partial charge in [-0.15, -0.1) is 0 Å². The third-order valence-electron chi connectivity index (χ3n) is 4.87. The molecule has 1 aliphatic rings. The van der Waals surface area contributed by atoms with Crippen molar-refractivity contribution in [1.82, 2.24) is 14.7 Å². The molecular weight excluding hydrogens is 353 g/mol. The number of methoxy groups -OCH3 is 1. The molecule has 0 saturated carbocycles. The number of hydrogen-bond acceptors (Lipinski definition) is 6. The van der Waals surface area contributed by atoms with Crippen molar-refractivity contribution in [2.24, 2.45) is 7.05 Å². The molecule has 1 saturated heterocycles. The summed E-state index contributed by atoms with van der Waals surface area (Å²) in [4.78, 5) is 15.4. The van der Waals surface area contributed by atoms with Gasteiger partial charge in [0, 0.05) is 39.8 Å². The van der Waals surface area contributed by atoms with E-state index in [9.17, 15) is 14.5 Å². The van der Waals surface area contributed by atoms with Gasteiger partial charge in [-0.05, 0) is 24.1 Å². The summed E-state index contributed by atoms with van der Waals surface area (Å²) < 4.78 is 20.4. The highest BCUT2D eigenvalue weighted by atomic mass is 19.1. The van der Waals surface area contributed by atoms with E-state index < -0.39 is 0 Å². The van der Waals surface area contributed by atoms with Crippen LogP contribution in [0, 0.1) is 15.9 Å². The van der Waals surface area contributed by atoms with Gasteiger partial charge in [-0.3, -0.25) is 15.0 Å². The Morgan fingerprint density at radius 2 is 2.00 bits per heavy atom. The van der Waals surface area contributed by atoms with E-state index in [1.165, 1.54) is 13.2 Å². The molecule has 0 atom stereocenters. The molecule has 0 aliphatic carbocycles. The molecule has 0 N–H and O–H groups in total. The van der Waals surface area contributed by atoms with Crippen LogP contribution in [0.5, 0.6) is 5.75 Å². The van der Waals surface area contributed by atoms with Crippen molar-refractivity contribution in [3.05, 3.63) is 45.4 Å². The van der Waals surface area contributed by atoms with Crippen molar-refractivity contribution in [2.45, 2.75) is 19.9 Å². The predicted molar refractivity (Wildman–Crippen MR) is 99.7 cm³/mol. The summed E-state index contributed by atoms with van der Waals surface area (Å²) in [6, 6.07) is 4.98. The first-order valence-electron chi connectivity index (χ1n) is 8.94. The number of nitro groups is 1. The van der Waals surface area contributed by atoms with Crippen molar-refractivity contribution in [1.29, 1.82) is 0 Å². The lowest BCUT2D eigenvalue weighted by molar-refractivity contribution is -0.384. The fourth-order valence-corrected chi connectivity index (χ4v) is 3.52. The number of halogens is 1. The minimum absolute atomic E-state index is 0.102. The number of hydrogen-bond donors (Lipinski definition) is 0. The SMILES string of the molecule is CCc1nn(C)c(N2CCN(Cc3ccc(OC)c(F)c3)CC2)c1[N+](=O)[O-]. The molecule has 2 aromatic rings. The Hall–Kier alpha value is -2.68. The number of aromatic nitrogens is 2. The van der Waals surface area contributed by atoms with E-state index in [4.69, 9.17) is 4.74 Å². The number of ether oxygens (including phenoxy) is 1. The van der Waals surface area contributed by atoms with Gasteiger partial charge in [-0.25, -0.2) is 9.07 Å². The maximum absolute atomic E-state index is 13.9. The molecule has 0 amide bonds. The second kappa shape index (κ2) is 7.91. The van der Waals surface area contributed by atoms with Crippen LogP contribution in [0.3, 0.4) is 0 Å². The lowest BCUT2D eigenvalue weighted by atomic mass is 10.1. The van der Waals surface area contributed by atoms with E-state index in [2.05, 4.69) is 10.00 Å². The molecule has 0 spiro atoms. The third kappa shape index (κ3) is 3.87. The van der Waals surface area contributed by atoms with Gasteiger partial charge in [0.15, 0.2) is 11.6 Å². The highest BCUT2D eigenvalue weighted by Crippen LogP contribution is 2.32. The Morgan fingerprint density at radius 3 is 2.56 bits per heavy atom. The number of benzene rings is 1. The highest BCUT2D eigenvalue weighted by Gasteiger charge is 2.31. The zero-order chi connectivity index (χ0) is 19.6. The Balaban J connectivity index is 1.68. The lowest BCUT2D eigenvalue weighted by Gasteiger charge is -2.35. The summed E-state index contributed by atoms with van der Waals surface area (Å²) in [7, 11) is 3.19. The maximum Gasteiger partial charge on any atom is 0.334 e. The molecule has 9 heteroatoms. The standard InChI is InChI=1S/C18H24FN5O3/c1-4-15-17(24(25)26)18(21(2)20-15)23-9-7-22(8-10-23)12-13-5-6-16(27-3)14(19)11-13/h5-6,11H,4,7-10,12H2,1-3H3. The summed E-state index contributed by atoms with van der Waals surface area (Å²) in [6.45, 7) is 5.27. The van der Waals surface area contributed by atoms with Gasteiger partial charge in [-0.1, -0.05) is 13.0 Å². The first kappa shape index (κ1) is 19.1. The molecule has 1 fully saturated rings. The minimum atomic E-state index is -0.369. The van der Waals surface area contributed by atoms with E-state index in [1.54, 1.807) is 17.8 Å². The fourth-order valence-electron chi connectivity index (χ4n) is 3.52. The minimum Gasteiger partial charge on any atom is -0.494 e. The highest BCUT2D eigenvalue weighted by molar-refractivity contribution is 5.62. The molecule has 0 unspecified atom stereocenters. The first-order chi connectivity index (χ1) is 12.9. The monoisotopic (exact) mass is 377 g/mol. The third-order valence-corrected chi connectivity index (χ3v) is 4.87. The van der Waals surface area contributed by atoms with Crippen molar-refractivity contribution in [3.8, 4) is 5.75 Å². The Bertz CT molecular complexity index is 831. The smallest absolute Gasteiger partial charge is 0.334 e. The molecule has 0 radical (unpaired) electrons. The summed E-state index contributed by atoms with van der Waals surface area (Å²) in [5.74, 6) is 0.428. The number of aryl methyl sites for hydroxylation is 2. The van der Waals surface area contributed by atoms with Crippen LogP contribution in [0.2, 0.25) is 0 Å². The lowest BCUT2D eigenvalue weighted by Crippen LogP contribution is -2.46. The molecule has 8 nitrogen and oxygen atoms in total. The average molecular weight is 377 g/mol. The van der Waals surface area contributed by atoms with Gasteiger partial charge in [0.25, 0.3) is 0 Å². The zero-order valence-corrected chi connectivity index (χ0v) is 15.8. The fraction of sp³-hybridized carbons (Fsp3) is 0.500. The molecule has 3 rings (SSSR count). The Labute approximate surface area is 157 Å². The van der Waals surface area contributed by atoms with Crippen LogP contribution in [0.4, 0.5) is 15.9 Å². The van der Waals surface area contributed by atoms with Gasteiger partial charge in [-0.2, -0.15) is 5.10 Å².